The van der Waals surface area contributed by atoms with Gasteiger partial charge in [-0.25, -0.2) is 25.4 Å². The van der Waals surface area contributed by atoms with Crippen LogP contribution >= 0.6 is 27.7 Å². The second kappa shape index (κ2) is 27.1. The van der Waals surface area contributed by atoms with Crippen molar-refractivity contribution in [1.82, 2.24) is 23.8 Å². The van der Waals surface area contributed by atoms with Crippen LogP contribution in [0.5, 0.6) is 5.75 Å². The Bertz CT molecular complexity index is 2430. The third kappa shape index (κ3) is 14.7. The maximum absolute atomic E-state index is 15.7. The molecule has 2 saturated heterocycles. The summed E-state index contributed by atoms with van der Waals surface area (Å²) < 4.78 is 96.3. The van der Waals surface area contributed by atoms with Crippen molar-refractivity contribution >= 4 is 27.7 Å². The monoisotopic (exact) mass is 1020 g/mol. The average molecular weight is 1020 g/mol. The van der Waals surface area contributed by atoms with Crippen molar-refractivity contribution in [1.29, 1.82) is 1.43 Å². The minimum Gasteiger partial charge on any atom is -0.423 e. The van der Waals surface area contributed by atoms with Crippen LogP contribution in [0, 0.1) is 20.4 Å². The minimum absolute atomic E-state index is 0.00464. The van der Waals surface area contributed by atoms with Gasteiger partial charge in [0.2, 0.25) is 7.98 Å². The van der Waals surface area contributed by atoms with E-state index >= 15 is 4.57 Å². The Kier molecular flexibility index (Phi) is 21.4. The highest BCUT2D eigenvalue weighted by molar-refractivity contribution is 7.54. The van der Waals surface area contributed by atoms with E-state index in [9.17, 15) is 19.2 Å². The van der Waals surface area contributed by atoms with Gasteiger partial charge >= 0.3 is 19.0 Å². The lowest BCUT2D eigenvalue weighted by Crippen LogP contribution is -2.42. The van der Waals surface area contributed by atoms with Crippen LogP contribution in [0.3, 0.4) is 0 Å². The Labute approximate surface area is 404 Å². The summed E-state index contributed by atoms with van der Waals surface area (Å²) >= 11 is 6.58. The molecule has 2 aliphatic heterocycles. The number of H-pyrrole nitrogens is 2. The molecule has 5 rings (SSSR count). The van der Waals surface area contributed by atoms with Gasteiger partial charge in [0, 0.05) is 58.3 Å². The molecule has 4 heterocycles. The normalized spacial score (nSPS) is 24.3. The molecule has 0 bridgehead atoms. The molecule has 0 radical (unpaired) electrons. The first kappa shape index (κ1) is 53.7. The molecule has 0 amide bonds. The van der Waals surface area contributed by atoms with Crippen LogP contribution in [0.15, 0.2) is 55.8 Å². The Balaban J connectivity index is 0.00000346. The molecular formula is C43H65ClN6O16P2. The highest BCUT2D eigenvalue weighted by atomic mass is 35.5. The predicted octanol–water partition coefficient (Wildman–Crippen LogP) is 4.56. The molecule has 10 atom stereocenters. The van der Waals surface area contributed by atoms with Gasteiger partial charge in [-0.15, -0.1) is 0 Å². The maximum Gasteiger partial charge on any atom is 0.379 e. The number of nitrogens with one attached hydrogen (secondary N) is 2. The number of benzene rings is 1. The minimum atomic E-state index is -4.52. The molecule has 22 nitrogen and oxygen atoms in total. The van der Waals surface area contributed by atoms with Crippen molar-refractivity contribution in [3.05, 3.63) is 106 Å². The first-order valence-electron chi connectivity index (χ1n) is 22.9. The Morgan fingerprint density at radius 3 is 1.97 bits per heavy atom. The Morgan fingerprint density at radius 1 is 0.912 bits per heavy atom. The molecule has 25 heteroatoms. The lowest BCUT2D eigenvalue weighted by atomic mass is 10.1. The molecule has 2 unspecified atom stereocenters. The topological polar surface area (TPSA) is 247 Å². The molecule has 2 fully saturated rings. The standard InChI is InChI=1S/C42H61ClN6O15P2.CH4O/c1-25(2)49(26(3)4)65(59-17-16-44-8)62-34-32(61-40(36(34)58-21-19-56-10)48-24-28(6)38(51)46-42(48)53)15-22-66(54,63-31-14-12-11-13-30(31)43)64-33-29(7)60-39(35(33)57-20-18-55-9)47-23-27(5)37(50)45-41(47)52;1-2/h11-14,23-26,29,32-36,39-40H,15-22H2,1-7,9-10H3,(H,45,50,52)(H,46,51,53);2H,1H3/t29-,32-,33-,34-,35-,36-,39-,40-,65?,66?;/m1./s1/i7D;2T. The van der Waals surface area contributed by atoms with Crippen molar-refractivity contribution in [2.75, 3.05) is 67.1 Å². The molecule has 0 spiro atoms. The molecule has 1 aromatic carbocycles. The number of nitrogens with zero attached hydrogens (tertiary/aromatic N) is 4. The zero-order chi connectivity index (χ0) is 51.7. The van der Waals surface area contributed by atoms with Crippen LogP contribution in [-0.4, -0.2) is 146 Å². The van der Waals surface area contributed by atoms with Crippen molar-refractivity contribution in [2.24, 2.45) is 0 Å². The quantitative estimate of drug-likeness (QED) is 0.0598. The first-order chi connectivity index (χ1) is 33.4. The highest BCUT2D eigenvalue weighted by Crippen LogP contribution is 2.56. The summed E-state index contributed by atoms with van der Waals surface area (Å²) in [5.41, 5.74) is -2.39. The summed E-state index contributed by atoms with van der Waals surface area (Å²) in [5.74, 6) is 0.00464. The van der Waals surface area contributed by atoms with Gasteiger partial charge in [0.05, 0.1) is 49.8 Å². The number of halogens is 1. The second-order valence-corrected chi connectivity index (χ2v) is 19.9. The van der Waals surface area contributed by atoms with Crippen molar-refractivity contribution in [2.45, 2.75) is 116 Å². The van der Waals surface area contributed by atoms with Gasteiger partial charge in [-0.2, -0.15) is 0 Å². The first-order valence-corrected chi connectivity index (χ1v) is 25.0. The smallest absolute Gasteiger partial charge is 0.379 e. The van der Waals surface area contributed by atoms with Gasteiger partial charge < -0.3 is 51.9 Å². The van der Waals surface area contributed by atoms with Crippen molar-refractivity contribution < 1.29 is 57.6 Å². The van der Waals surface area contributed by atoms with E-state index in [4.69, 9.17) is 67.5 Å². The van der Waals surface area contributed by atoms with E-state index in [1.807, 2.05) is 32.4 Å². The van der Waals surface area contributed by atoms with E-state index in [1.54, 1.807) is 12.1 Å². The summed E-state index contributed by atoms with van der Waals surface area (Å²) in [5, 5.41) is 3.61. The number of aromatic amines is 2. The number of aryl methyl sites for hydroxylation is 2. The van der Waals surface area contributed by atoms with Gasteiger partial charge in [-0.05, 0) is 67.0 Å². The molecule has 0 aliphatic carbocycles. The van der Waals surface area contributed by atoms with Crippen molar-refractivity contribution in [3.63, 3.8) is 0 Å². The third-order valence-corrected chi connectivity index (χ3v) is 14.8. The fraction of sp³-hybridized carbons (Fsp3) is 0.651. The lowest BCUT2D eigenvalue weighted by molar-refractivity contribution is -0.0789. The Morgan fingerprint density at radius 2 is 1.46 bits per heavy atom. The molecule has 2 aromatic heterocycles. The molecule has 3 N–H and O–H groups in total. The molecular weight excluding hydrogens is 954 g/mol. The van der Waals surface area contributed by atoms with Gasteiger partial charge in [0.25, 0.3) is 19.6 Å². The average Bonchev–Trinajstić information content (AvgIpc) is 3.82. The molecule has 68 heavy (non-hydrogen) atoms. The van der Waals surface area contributed by atoms with E-state index in [2.05, 4.69) is 19.9 Å². The van der Waals surface area contributed by atoms with Gasteiger partial charge in [0.15, 0.2) is 12.5 Å². The van der Waals surface area contributed by atoms with Crippen LogP contribution in [0.1, 0.15) is 66.0 Å². The summed E-state index contributed by atoms with van der Waals surface area (Å²) in [6.45, 7) is 18.2. The largest absolute Gasteiger partial charge is 0.423 e. The third-order valence-electron chi connectivity index (χ3n) is 10.5. The Hall–Kier alpha value is -3.62. The number of para-hydroxylation sites is 1. The second-order valence-electron chi connectivity index (χ2n) is 16.0. The zero-order valence-corrected chi connectivity index (χ0v) is 42.2. The van der Waals surface area contributed by atoms with Gasteiger partial charge in [-0.3, -0.25) is 33.2 Å². The summed E-state index contributed by atoms with van der Waals surface area (Å²) in [6, 6.07) is 6.11. The molecule has 0 saturated carbocycles. The van der Waals surface area contributed by atoms with Crippen LogP contribution in [0.25, 0.3) is 4.85 Å². The summed E-state index contributed by atoms with van der Waals surface area (Å²) in [4.78, 5) is 59.7. The number of hydrogen-bond acceptors (Lipinski definition) is 17. The van der Waals surface area contributed by atoms with Crippen LogP contribution in [0.4, 0.5) is 0 Å². The number of aliphatic hydroxyl groups is 1. The number of aromatic nitrogens is 4. The number of ether oxygens (including phenoxy) is 6. The lowest BCUT2D eigenvalue weighted by Gasteiger charge is -2.38. The maximum atomic E-state index is 15.7. The predicted molar refractivity (Wildman–Crippen MR) is 252 cm³/mol. The van der Waals surface area contributed by atoms with E-state index < -0.39 is 101 Å². The molecule has 380 valence electrons. The fourth-order valence-electron chi connectivity index (χ4n) is 7.44. The van der Waals surface area contributed by atoms with Gasteiger partial charge in [0.1, 0.15) is 36.8 Å². The van der Waals surface area contributed by atoms with Gasteiger partial charge in [-0.1, -0.05) is 23.7 Å². The number of aliphatic hydroxyl groups excluding tert-OH is 1. The number of methoxy groups -OCH3 is 2. The SMILES string of the molecule is [2H]C[C@H]1O[C@@H](n2cc(C)c(=O)[nH]c2=O)[C@H](OCCOC)[C@@H]1OP(=O)(CC[C@H]1O[C@@H](n2cc(C)c(=O)[nH]c2=O)[C@H](OCCOC)[C@@H]1OP(OCC[N+]#[C-])N(C(C)C)C(C)C)Oc1ccccc1Cl.[3H]OC. The molecule has 2 aliphatic rings. The summed E-state index contributed by atoms with van der Waals surface area (Å²) in [7, 11) is -2.23. The number of rotatable bonds is 25. The number of hydrogen-bond donors (Lipinski definition) is 3. The van der Waals surface area contributed by atoms with E-state index in [0.29, 0.717) is 0 Å². The van der Waals surface area contributed by atoms with E-state index in [-0.39, 0.29) is 80.0 Å². The molecule has 3 aromatic rings. The van der Waals surface area contributed by atoms with Crippen LogP contribution in [-0.2, 0) is 46.6 Å². The van der Waals surface area contributed by atoms with Crippen LogP contribution < -0.4 is 27.0 Å². The van der Waals surface area contributed by atoms with E-state index in [0.717, 1.165) is 4.57 Å². The fourth-order valence-corrected chi connectivity index (χ4v) is 11.3. The van der Waals surface area contributed by atoms with Crippen LogP contribution in [0.2, 0.25) is 5.02 Å². The summed E-state index contributed by atoms with van der Waals surface area (Å²) in [6.07, 6.45) is -7.28. The van der Waals surface area contributed by atoms with Crippen molar-refractivity contribution in [3.8, 4) is 5.75 Å². The zero-order valence-electron chi connectivity index (χ0n) is 41.7. The van der Waals surface area contributed by atoms with E-state index in [1.165, 1.54) is 64.3 Å². The highest BCUT2D eigenvalue weighted by Gasteiger charge is 2.53.